The van der Waals surface area contributed by atoms with Gasteiger partial charge < -0.3 is 5.11 Å². The number of benzene rings is 3. The Balaban J connectivity index is 1.65. The number of aryl methyl sites for hydroxylation is 1. The molecule has 10 heteroatoms. The molecule has 0 fully saturated rings. The Morgan fingerprint density at radius 3 is 2.38 bits per heavy atom. The number of nitro benzene ring substituents is 1. The SMILES string of the molecule is Cc1nnc2n1-c1ccccc1C(c1ccc(C(=O)O)cc1)=NN2Cc1ccc([N+](=O)[O-])cc1. The van der Waals surface area contributed by atoms with Gasteiger partial charge in [0.2, 0.25) is 0 Å². The summed E-state index contributed by atoms with van der Waals surface area (Å²) in [5.41, 5.74) is 4.04. The smallest absolute Gasteiger partial charge is 0.335 e. The van der Waals surface area contributed by atoms with Gasteiger partial charge in [0.15, 0.2) is 0 Å². The van der Waals surface area contributed by atoms with Crippen LogP contribution < -0.4 is 5.01 Å². The fourth-order valence-corrected chi connectivity index (χ4v) is 3.87. The van der Waals surface area contributed by atoms with Crippen molar-refractivity contribution in [1.29, 1.82) is 0 Å². The van der Waals surface area contributed by atoms with Gasteiger partial charge in [-0.25, -0.2) is 9.80 Å². The number of hydrogen-bond acceptors (Lipinski definition) is 7. The number of para-hydroxylation sites is 1. The van der Waals surface area contributed by atoms with Crippen molar-refractivity contribution >= 4 is 23.3 Å². The molecule has 1 N–H and O–H groups in total. The van der Waals surface area contributed by atoms with Crippen LogP contribution in [0.4, 0.5) is 11.6 Å². The third-order valence-corrected chi connectivity index (χ3v) is 5.54. The maximum atomic E-state index is 11.3. The predicted octanol–water partition coefficient (Wildman–Crippen LogP) is 3.95. The second kappa shape index (κ2) is 8.24. The van der Waals surface area contributed by atoms with Gasteiger partial charge in [0.1, 0.15) is 11.5 Å². The van der Waals surface area contributed by atoms with Crippen LogP contribution in [0.2, 0.25) is 0 Å². The number of carbonyl (C=O) groups is 1. The fourth-order valence-electron chi connectivity index (χ4n) is 3.87. The van der Waals surface area contributed by atoms with Crippen LogP contribution >= 0.6 is 0 Å². The lowest BCUT2D eigenvalue weighted by atomic mass is 9.99. The van der Waals surface area contributed by atoms with E-state index in [1.807, 2.05) is 35.8 Å². The number of aromatic carboxylic acids is 1. The lowest BCUT2D eigenvalue weighted by molar-refractivity contribution is -0.384. The summed E-state index contributed by atoms with van der Waals surface area (Å²) in [6, 6.07) is 20.5. The molecule has 1 aliphatic heterocycles. The summed E-state index contributed by atoms with van der Waals surface area (Å²) in [6.07, 6.45) is 0. The number of carboxylic acid groups (broad SMARTS) is 1. The molecule has 0 saturated carbocycles. The summed E-state index contributed by atoms with van der Waals surface area (Å²) in [6.45, 7) is 2.14. The minimum Gasteiger partial charge on any atom is -0.478 e. The first-order chi connectivity index (χ1) is 16.4. The van der Waals surface area contributed by atoms with E-state index < -0.39 is 10.9 Å². The van der Waals surface area contributed by atoms with Crippen LogP contribution in [0, 0.1) is 17.0 Å². The Hall–Kier alpha value is -4.86. The fraction of sp³-hybridized carbons (Fsp3) is 0.0833. The highest BCUT2D eigenvalue weighted by Crippen LogP contribution is 2.30. The second-order valence-electron chi connectivity index (χ2n) is 7.71. The first-order valence-electron chi connectivity index (χ1n) is 10.4. The van der Waals surface area contributed by atoms with Crippen molar-refractivity contribution in [1.82, 2.24) is 14.8 Å². The molecule has 2 heterocycles. The molecule has 1 aromatic heterocycles. The normalized spacial score (nSPS) is 12.4. The van der Waals surface area contributed by atoms with Crippen LogP contribution in [0.25, 0.3) is 5.69 Å². The third-order valence-electron chi connectivity index (χ3n) is 5.54. The summed E-state index contributed by atoms with van der Waals surface area (Å²) in [5, 5.41) is 35.5. The lowest BCUT2D eigenvalue weighted by Gasteiger charge is -2.18. The number of anilines is 1. The zero-order valence-corrected chi connectivity index (χ0v) is 18.0. The number of carboxylic acids is 1. The maximum absolute atomic E-state index is 11.3. The molecule has 10 nitrogen and oxygen atoms in total. The van der Waals surface area contributed by atoms with E-state index in [1.54, 1.807) is 41.4 Å². The second-order valence-corrected chi connectivity index (χ2v) is 7.71. The summed E-state index contributed by atoms with van der Waals surface area (Å²) < 4.78 is 1.91. The van der Waals surface area contributed by atoms with Gasteiger partial charge in [0, 0.05) is 23.3 Å². The van der Waals surface area contributed by atoms with Crippen LogP contribution in [0.3, 0.4) is 0 Å². The number of hydrazone groups is 1. The molecule has 3 aromatic carbocycles. The van der Waals surface area contributed by atoms with E-state index in [0.29, 0.717) is 24.0 Å². The maximum Gasteiger partial charge on any atom is 0.335 e. The highest BCUT2D eigenvalue weighted by atomic mass is 16.6. The first-order valence-corrected chi connectivity index (χ1v) is 10.4. The van der Waals surface area contributed by atoms with Crippen LogP contribution in [-0.4, -0.2) is 36.5 Å². The highest BCUT2D eigenvalue weighted by molar-refractivity contribution is 6.15. The van der Waals surface area contributed by atoms with E-state index >= 15 is 0 Å². The first kappa shape index (κ1) is 21.0. The van der Waals surface area contributed by atoms with Crippen molar-refractivity contribution in [3.8, 4) is 5.69 Å². The van der Waals surface area contributed by atoms with E-state index in [1.165, 1.54) is 12.1 Å². The molecule has 1 aliphatic rings. The number of rotatable bonds is 5. The van der Waals surface area contributed by atoms with Crippen LogP contribution in [0.15, 0.2) is 77.9 Å². The van der Waals surface area contributed by atoms with Crippen LogP contribution in [0.5, 0.6) is 0 Å². The van der Waals surface area contributed by atoms with Crippen LogP contribution in [0.1, 0.15) is 32.9 Å². The topological polar surface area (TPSA) is 127 Å². The van der Waals surface area contributed by atoms with Gasteiger partial charge in [-0.2, -0.15) is 5.10 Å². The molecule has 34 heavy (non-hydrogen) atoms. The van der Waals surface area contributed by atoms with Crippen molar-refractivity contribution in [2.45, 2.75) is 13.5 Å². The Labute approximate surface area is 193 Å². The third kappa shape index (κ3) is 3.66. The van der Waals surface area contributed by atoms with Crippen molar-refractivity contribution in [2.24, 2.45) is 5.10 Å². The largest absolute Gasteiger partial charge is 0.478 e. The average molecular weight is 454 g/mol. The van der Waals surface area contributed by atoms with Crippen molar-refractivity contribution in [3.63, 3.8) is 0 Å². The molecule has 0 spiro atoms. The quantitative estimate of drug-likeness (QED) is 0.357. The Morgan fingerprint density at radius 2 is 1.71 bits per heavy atom. The molecule has 0 amide bonds. The zero-order chi connectivity index (χ0) is 23.8. The molecule has 168 valence electrons. The molecule has 0 radical (unpaired) electrons. The Kier molecular flexibility index (Phi) is 5.09. The summed E-state index contributed by atoms with van der Waals surface area (Å²) in [7, 11) is 0. The van der Waals surface area contributed by atoms with E-state index in [-0.39, 0.29) is 11.3 Å². The van der Waals surface area contributed by atoms with E-state index in [4.69, 9.17) is 5.10 Å². The molecule has 0 unspecified atom stereocenters. The summed E-state index contributed by atoms with van der Waals surface area (Å²) in [5.74, 6) is 0.172. The van der Waals surface area contributed by atoms with Gasteiger partial charge in [-0.1, -0.05) is 42.5 Å². The Bertz CT molecular complexity index is 1440. The standard InChI is InChI=1S/C24H18N6O4/c1-15-25-26-24-28(14-16-6-12-19(13-7-16)30(33)34)27-22(17-8-10-18(11-9-17)23(31)32)20-4-2-3-5-21(20)29(15)24/h2-13H,14H2,1H3,(H,31,32). The molecule has 0 bridgehead atoms. The van der Waals surface area contributed by atoms with Gasteiger partial charge in [-0.3, -0.25) is 14.7 Å². The van der Waals surface area contributed by atoms with Crippen LogP contribution in [-0.2, 0) is 6.54 Å². The average Bonchev–Trinajstić information content (AvgIpc) is 3.16. The molecule has 5 rings (SSSR count). The van der Waals surface area contributed by atoms with Crippen molar-refractivity contribution < 1.29 is 14.8 Å². The highest BCUT2D eigenvalue weighted by Gasteiger charge is 2.26. The van der Waals surface area contributed by atoms with Gasteiger partial charge in [0.25, 0.3) is 11.6 Å². The zero-order valence-electron chi connectivity index (χ0n) is 18.0. The number of fused-ring (bicyclic) bond motifs is 3. The minimum atomic E-state index is -1.00. The number of nitrogens with zero attached hydrogens (tertiary/aromatic N) is 6. The molecule has 0 aliphatic carbocycles. The van der Waals surface area contributed by atoms with Gasteiger partial charge >= 0.3 is 5.97 Å². The number of aromatic nitrogens is 3. The predicted molar refractivity (Wildman–Crippen MR) is 124 cm³/mol. The molecular formula is C24H18N6O4. The van der Waals surface area contributed by atoms with E-state index in [2.05, 4.69) is 10.2 Å². The summed E-state index contributed by atoms with van der Waals surface area (Å²) >= 11 is 0. The monoisotopic (exact) mass is 454 g/mol. The molecule has 0 saturated heterocycles. The number of nitro groups is 1. The van der Waals surface area contributed by atoms with Crippen molar-refractivity contribution in [2.75, 3.05) is 5.01 Å². The summed E-state index contributed by atoms with van der Waals surface area (Å²) in [4.78, 5) is 21.9. The minimum absolute atomic E-state index is 0.00810. The lowest BCUT2D eigenvalue weighted by Crippen LogP contribution is -2.20. The molecule has 4 aromatic rings. The van der Waals surface area contributed by atoms with Crippen molar-refractivity contribution in [3.05, 3.63) is 111 Å². The molecule has 0 atom stereocenters. The van der Waals surface area contributed by atoms with E-state index in [0.717, 1.165) is 22.4 Å². The van der Waals surface area contributed by atoms with Gasteiger partial charge in [-0.05, 0) is 30.7 Å². The number of hydrogen-bond donors (Lipinski definition) is 1. The van der Waals surface area contributed by atoms with Gasteiger partial charge in [-0.15, -0.1) is 10.2 Å². The Morgan fingerprint density at radius 1 is 1.00 bits per heavy atom. The molecular weight excluding hydrogens is 436 g/mol. The van der Waals surface area contributed by atoms with Gasteiger partial charge in [0.05, 0.1) is 22.7 Å². The number of non-ortho nitro benzene ring substituents is 1. The van der Waals surface area contributed by atoms with E-state index in [9.17, 15) is 20.0 Å².